The number of aryl methyl sites for hydroxylation is 2. The number of benzene rings is 1. The number of rotatable bonds is 8. The third kappa shape index (κ3) is 4.30. The van der Waals surface area contributed by atoms with Crippen molar-refractivity contribution in [2.75, 3.05) is 0 Å². The Morgan fingerprint density at radius 1 is 1.20 bits per heavy atom. The van der Waals surface area contributed by atoms with Crippen molar-refractivity contribution in [2.24, 2.45) is 0 Å². The molecule has 7 heteroatoms. The van der Waals surface area contributed by atoms with Gasteiger partial charge in [0.2, 0.25) is 11.7 Å². The van der Waals surface area contributed by atoms with E-state index in [4.69, 9.17) is 4.74 Å². The van der Waals surface area contributed by atoms with E-state index in [0.29, 0.717) is 40.4 Å². The summed E-state index contributed by atoms with van der Waals surface area (Å²) in [6, 6.07) is 2.95. The number of aromatic nitrogens is 2. The van der Waals surface area contributed by atoms with Crippen LogP contribution in [0.25, 0.3) is 5.57 Å². The maximum atomic E-state index is 13.6. The van der Waals surface area contributed by atoms with Crippen LogP contribution in [0.4, 0.5) is 5.69 Å². The summed E-state index contributed by atoms with van der Waals surface area (Å²) >= 11 is 0. The molecule has 1 aromatic heterocycles. The lowest BCUT2D eigenvalue weighted by Crippen LogP contribution is -2.16. The van der Waals surface area contributed by atoms with Gasteiger partial charge in [0.1, 0.15) is 5.56 Å². The fraction of sp³-hybridized carbons (Fsp3) is 0.478. The number of carbonyl (C=O) groups excluding carboxylic acids is 1. The molecule has 1 heterocycles. The van der Waals surface area contributed by atoms with E-state index in [1.807, 2.05) is 41.5 Å². The number of allylic oxidation sites excluding steroid dienone is 2. The normalized spacial score (nSPS) is 11.9. The van der Waals surface area contributed by atoms with E-state index in [1.165, 1.54) is 12.1 Å². The van der Waals surface area contributed by atoms with Gasteiger partial charge in [0, 0.05) is 18.2 Å². The number of ketones is 1. The minimum atomic E-state index is -0.402. The van der Waals surface area contributed by atoms with Gasteiger partial charge in [-0.3, -0.25) is 14.9 Å². The highest BCUT2D eigenvalue weighted by Crippen LogP contribution is 2.35. The van der Waals surface area contributed by atoms with Crippen LogP contribution in [0, 0.1) is 24.0 Å². The van der Waals surface area contributed by atoms with Crippen molar-refractivity contribution >= 4 is 17.0 Å². The zero-order valence-electron chi connectivity index (χ0n) is 19.1. The quantitative estimate of drug-likeness (QED) is 0.317. The van der Waals surface area contributed by atoms with E-state index in [0.717, 1.165) is 17.6 Å². The molecule has 2 rings (SSSR count). The summed E-state index contributed by atoms with van der Waals surface area (Å²) in [5.74, 6) is 0.216. The molecule has 7 nitrogen and oxygen atoms in total. The maximum absolute atomic E-state index is 13.6. The van der Waals surface area contributed by atoms with E-state index in [1.54, 1.807) is 18.5 Å². The second kappa shape index (κ2) is 9.24. The second-order valence-corrected chi connectivity index (χ2v) is 7.76. The highest BCUT2D eigenvalue weighted by atomic mass is 16.6. The number of hydrogen-bond donors (Lipinski definition) is 0. The number of carbonyl (C=O) groups is 1. The van der Waals surface area contributed by atoms with Crippen LogP contribution < -0.4 is 4.74 Å². The smallest absolute Gasteiger partial charge is 0.277 e. The lowest BCUT2D eigenvalue weighted by atomic mass is 9.90. The minimum absolute atomic E-state index is 0.000182. The molecule has 0 radical (unpaired) electrons. The first-order chi connectivity index (χ1) is 14.0. The van der Waals surface area contributed by atoms with Gasteiger partial charge in [-0.2, -0.15) is 5.10 Å². The van der Waals surface area contributed by atoms with Crippen molar-refractivity contribution in [3.8, 4) is 5.88 Å². The van der Waals surface area contributed by atoms with E-state index in [2.05, 4.69) is 5.10 Å². The van der Waals surface area contributed by atoms with E-state index in [9.17, 15) is 14.9 Å². The molecule has 0 bridgehead atoms. The Hall–Kier alpha value is -2.96. The van der Waals surface area contributed by atoms with Crippen LogP contribution in [0.2, 0.25) is 0 Å². The van der Waals surface area contributed by atoms with E-state index >= 15 is 0 Å². The Morgan fingerprint density at radius 3 is 2.33 bits per heavy atom. The van der Waals surface area contributed by atoms with Gasteiger partial charge in [-0.1, -0.05) is 12.5 Å². The molecule has 1 aromatic carbocycles. The highest BCUT2D eigenvalue weighted by Gasteiger charge is 2.29. The second-order valence-electron chi connectivity index (χ2n) is 7.76. The first-order valence-corrected chi connectivity index (χ1v) is 10.3. The average Bonchev–Trinajstić information content (AvgIpc) is 3.01. The summed E-state index contributed by atoms with van der Waals surface area (Å²) in [5, 5.41) is 16.1. The van der Waals surface area contributed by atoms with Crippen molar-refractivity contribution in [1.82, 2.24) is 9.78 Å². The third-order valence-electron chi connectivity index (χ3n) is 5.50. The third-order valence-corrected chi connectivity index (χ3v) is 5.50. The Balaban J connectivity index is 2.74. The van der Waals surface area contributed by atoms with Gasteiger partial charge in [-0.15, -0.1) is 0 Å². The van der Waals surface area contributed by atoms with Gasteiger partial charge in [0.05, 0.1) is 22.3 Å². The van der Waals surface area contributed by atoms with E-state index < -0.39 is 4.92 Å². The van der Waals surface area contributed by atoms with Crippen LogP contribution in [0.3, 0.4) is 0 Å². The molecule has 2 aromatic rings. The molecule has 30 heavy (non-hydrogen) atoms. The monoisotopic (exact) mass is 413 g/mol. The molecule has 0 N–H and O–H groups in total. The first kappa shape index (κ1) is 23.3. The lowest BCUT2D eigenvalue weighted by molar-refractivity contribution is -0.385. The molecular formula is C23H31N3O4. The first-order valence-electron chi connectivity index (χ1n) is 10.3. The predicted molar refractivity (Wildman–Crippen MR) is 118 cm³/mol. The van der Waals surface area contributed by atoms with Gasteiger partial charge in [-0.05, 0) is 72.1 Å². The standard InChI is InChI=1S/C23H31N3O4/c1-9-14(5)30-23-21(17(8)24-25(23)10-2)22(27)18-11-12-19(26(28)29)20(16(18)7)15(6)13(3)4/h11-12,14H,9-10H2,1-8H3. The topological polar surface area (TPSA) is 87.3 Å². The Labute approximate surface area is 177 Å². The van der Waals surface area contributed by atoms with Crippen LogP contribution in [0.15, 0.2) is 17.7 Å². The van der Waals surface area contributed by atoms with Gasteiger partial charge in [0.25, 0.3) is 5.69 Å². The van der Waals surface area contributed by atoms with Crippen molar-refractivity contribution in [1.29, 1.82) is 0 Å². The number of hydrogen-bond acceptors (Lipinski definition) is 5. The molecule has 0 aliphatic carbocycles. The largest absolute Gasteiger partial charge is 0.474 e. The highest BCUT2D eigenvalue weighted by molar-refractivity contribution is 6.12. The van der Waals surface area contributed by atoms with Gasteiger partial charge >= 0.3 is 0 Å². The summed E-state index contributed by atoms with van der Waals surface area (Å²) in [7, 11) is 0. The fourth-order valence-electron chi connectivity index (χ4n) is 3.38. The SMILES string of the molecule is CCC(C)Oc1c(C(=O)c2ccc([N+](=O)[O-])c(C(C)=C(C)C)c2C)c(C)nn1CC. The van der Waals surface area contributed by atoms with Crippen molar-refractivity contribution in [3.63, 3.8) is 0 Å². The van der Waals surface area contributed by atoms with Gasteiger partial charge in [-0.25, -0.2) is 4.68 Å². The number of nitro groups is 1. The zero-order valence-corrected chi connectivity index (χ0v) is 19.1. The zero-order chi connectivity index (χ0) is 22.7. The minimum Gasteiger partial charge on any atom is -0.474 e. The molecule has 1 unspecified atom stereocenters. The molecular weight excluding hydrogens is 382 g/mol. The number of nitro benzene ring substituents is 1. The average molecular weight is 414 g/mol. The molecule has 0 fully saturated rings. The summed E-state index contributed by atoms with van der Waals surface area (Å²) in [6.45, 7) is 15.7. The Morgan fingerprint density at radius 2 is 1.83 bits per heavy atom. The van der Waals surface area contributed by atoms with Crippen molar-refractivity contribution < 1.29 is 14.5 Å². The fourth-order valence-corrected chi connectivity index (χ4v) is 3.38. The lowest BCUT2D eigenvalue weighted by Gasteiger charge is -2.16. The molecule has 162 valence electrons. The van der Waals surface area contributed by atoms with Crippen LogP contribution in [-0.2, 0) is 6.54 Å². The van der Waals surface area contributed by atoms with Crippen LogP contribution >= 0.6 is 0 Å². The van der Waals surface area contributed by atoms with Gasteiger partial charge in [0.15, 0.2) is 0 Å². The summed E-state index contributed by atoms with van der Waals surface area (Å²) in [4.78, 5) is 24.8. The molecule has 1 atom stereocenters. The van der Waals surface area contributed by atoms with Crippen molar-refractivity contribution in [2.45, 2.75) is 74.5 Å². The van der Waals surface area contributed by atoms with E-state index in [-0.39, 0.29) is 17.6 Å². The van der Waals surface area contributed by atoms with Gasteiger partial charge < -0.3 is 4.74 Å². The molecule has 0 saturated heterocycles. The molecule has 0 saturated carbocycles. The summed E-state index contributed by atoms with van der Waals surface area (Å²) < 4.78 is 7.75. The maximum Gasteiger partial charge on any atom is 0.277 e. The van der Waals surface area contributed by atoms with Crippen LogP contribution in [-0.4, -0.2) is 26.6 Å². The van der Waals surface area contributed by atoms with Crippen molar-refractivity contribution in [3.05, 3.63) is 55.8 Å². The Kier molecular flexibility index (Phi) is 7.18. The summed E-state index contributed by atoms with van der Waals surface area (Å²) in [5.41, 5.74) is 4.26. The van der Waals surface area contributed by atoms with Crippen LogP contribution in [0.5, 0.6) is 5.88 Å². The number of ether oxygens (including phenoxy) is 1. The molecule has 0 aliphatic rings. The predicted octanol–water partition coefficient (Wildman–Crippen LogP) is 5.65. The Bertz CT molecular complexity index is 1010. The molecule has 0 aliphatic heterocycles. The summed E-state index contributed by atoms with van der Waals surface area (Å²) in [6.07, 6.45) is 0.724. The molecule has 0 spiro atoms. The van der Waals surface area contributed by atoms with Crippen LogP contribution in [0.1, 0.15) is 80.7 Å². The molecule has 0 amide bonds. The number of nitrogens with zero attached hydrogens (tertiary/aromatic N) is 3.